The van der Waals surface area contributed by atoms with Crippen LogP contribution < -0.4 is 4.90 Å². The molecule has 3 heteroatoms. The average Bonchev–Trinajstić information content (AvgIpc) is 2.30. The predicted octanol–water partition coefficient (Wildman–Crippen LogP) is 2.17. The standard InChI is InChI=1S/C13H17NO2/c1-3-16-13(15)11-8-9-14(2)12-7-5-4-6-10(11)12/h4-7,11H,3,8-9H2,1-2H3. The minimum Gasteiger partial charge on any atom is -0.466 e. The van der Waals surface area contributed by atoms with Gasteiger partial charge in [0.15, 0.2) is 0 Å². The molecule has 3 nitrogen and oxygen atoms in total. The Bertz CT molecular complexity index is 389. The minimum atomic E-state index is -0.0944. The molecule has 1 aliphatic heterocycles. The maximum Gasteiger partial charge on any atom is 0.313 e. The first-order valence-corrected chi connectivity index (χ1v) is 5.70. The van der Waals surface area contributed by atoms with E-state index in [1.54, 1.807) is 0 Å². The quantitative estimate of drug-likeness (QED) is 0.714. The molecule has 0 aliphatic carbocycles. The summed E-state index contributed by atoms with van der Waals surface area (Å²) in [5.41, 5.74) is 2.24. The van der Waals surface area contributed by atoms with Gasteiger partial charge in [-0.15, -0.1) is 0 Å². The molecule has 1 aromatic rings. The van der Waals surface area contributed by atoms with Gasteiger partial charge in [-0.25, -0.2) is 0 Å². The number of rotatable bonds is 2. The molecule has 0 saturated heterocycles. The summed E-state index contributed by atoms with van der Waals surface area (Å²) in [7, 11) is 2.06. The fourth-order valence-corrected chi connectivity index (χ4v) is 2.22. The summed E-state index contributed by atoms with van der Waals surface area (Å²) < 4.78 is 5.12. The van der Waals surface area contributed by atoms with E-state index in [9.17, 15) is 4.79 Å². The van der Waals surface area contributed by atoms with Gasteiger partial charge in [-0.3, -0.25) is 4.79 Å². The van der Waals surface area contributed by atoms with E-state index >= 15 is 0 Å². The van der Waals surface area contributed by atoms with Crippen molar-refractivity contribution in [3.8, 4) is 0 Å². The number of hydrogen-bond donors (Lipinski definition) is 0. The van der Waals surface area contributed by atoms with Crippen LogP contribution in [0.2, 0.25) is 0 Å². The normalized spacial score (nSPS) is 19.1. The molecule has 1 heterocycles. The van der Waals surface area contributed by atoms with Gasteiger partial charge in [0.1, 0.15) is 0 Å². The molecule has 0 saturated carbocycles. The van der Waals surface area contributed by atoms with Crippen LogP contribution in [0.1, 0.15) is 24.8 Å². The van der Waals surface area contributed by atoms with Crippen LogP contribution in [-0.4, -0.2) is 26.2 Å². The lowest BCUT2D eigenvalue weighted by molar-refractivity contribution is -0.145. The average molecular weight is 219 g/mol. The van der Waals surface area contributed by atoms with Crippen LogP contribution in [0.15, 0.2) is 24.3 Å². The number of hydrogen-bond acceptors (Lipinski definition) is 3. The number of fused-ring (bicyclic) bond motifs is 1. The summed E-state index contributed by atoms with van der Waals surface area (Å²) in [5.74, 6) is -0.185. The van der Waals surface area contributed by atoms with Gasteiger partial charge in [-0.2, -0.15) is 0 Å². The summed E-state index contributed by atoms with van der Waals surface area (Å²) in [6, 6.07) is 8.06. The third kappa shape index (κ3) is 1.90. The fraction of sp³-hybridized carbons (Fsp3) is 0.462. The molecule has 0 aromatic heterocycles. The van der Waals surface area contributed by atoms with E-state index in [-0.39, 0.29) is 11.9 Å². The summed E-state index contributed by atoms with van der Waals surface area (Å²) in [6.45, 7) is 3.20. The van der Waals surface area contributed by atoms with Gasteiger partial charge in [0.05, 0.1) is 12.5 Å². The van der Waals surface area contributed by atoms with E-state index in [1.807, 2.05) is 25.1 Å². The van der Waals surface area contributed by atoms with Gasteiger partial charge >= 0.3 is 5.97 Å². The van der Waals surface area contributed by atoms with E-state index in [1.165, 1.54) is 0 Å². The molecule has 0 amide bonds. The predicted molar refractivity (Wildman–Crippen MR) is 63.7 cm³/mol. The number of esters is 1. The third-order valence-electron chi connectivity index (χ3n) is 3.05. The lowest BCUT2D eigenvalue weighted by Crippen LogP contribution is -2.31. The van der Waals surface area contributed by atoms with Crippen molar-refractivity contribution in [2.75, 3.05) is 25.1 Å². The molecular formula is C13H17NO2. The van der Waals surface area contributed by atoms with Crippen molar-refractivity contribution in [3.05, 3.63) is 29.8 Å². The van der Waals surface area contributed by atoms with Crippen LogP contribution in [0, 0.1) is 0 Å². The lowest BCUT2D eigenvalue weighted by atomic mass is 9.90. The SMILES string of the molecule is CCOC(=O)C1CCN(C)c2ccccc21. The smallest absolute Gasteiger partial charge is 0.313 e. The summed E-state index contributed by atoms with van der Waals surface area (Å²) in [6.07, 6.45) is 0.840. The van der Waals surface area contributed by atoms with E-state index in [4.69, 9.17) is 4.74 Å². The summed E-state index contributed by atoms with van der Waals surface area (Å²) in [5, 5.41) is 0. The van der Waals surface area contributed by atoms with Gasteiger partial charge in [0.25, 0.3) is 0 Å². The number of anilines is 1. The van der Waals surface area contributed by atoms with Crippen molar-refractivity contribution in [3.63, 3.8) is 0 Å². The Labute approximate surface area is 96.0 Å². The maximum atomic E-state index is 11.8. The fourth-order valence-electron chi connectivity index (χ4n) is 2.22. The van der Waals surface area contributed by atoms with Crippen molar-refractivity contribution in [2.24, 2.45) is 0 Å². The second kappa shape index (κ2) is 4.56. The van der Waals surface area contributed by atoms with Crippen molar-refractivity contribution in [1.82, 2.24) is 0 Å². The molecule has 0 N–H and O–H groups in total. The molecule has 0 spiro atoms. The molecule has 1 atom stereocenters. The zero-order valence-corrected chi connectivity index (χ0v) is 9.77. The van der Waals surface area contributed by atoms with E-state index in [2.05, 4.69) is 18.0 Å². The first-order chi connectivity index (χ1) is 7.74. The summed E-state index contributed by atoms with van der Waals surface area (Å²) in [4.78, 5) is 14.0. The van der Waals surface area contributed by atoms with Crippen molar-refractivity contribution in [1.29, 1.82) is 0 Å². The Kier molecular flexibility index (Phi) is 3.13. The largest absolute Gasteiger partial charge is 0.466 e. The van der Waals surface area contributed by atoms with Crippen LogP contribution >= 0.6 is 0 Å². The van der Waals surface area contributed by atoms with Crippen LogP contribution in [0.5, 0.6) is 0 Å². The van der Waals surface area contributed by atoms with E-state index < -0.39 is 0 Å². The van der Waals surface area contributed by atoms with Crippen molar-refractivity contribution >= 4 is 11.7 Å². The Balaban J connectivity index is 2.31. The highest BCUT2D eigenvalue weighted by molar-refractivity contribution is 5.81. The number of nitrogens with zero attached hydrogens (tertiary/aromatic N) is 1. The Morgan fingerprint density at radius 2 is 2.25 bits per heavy atom. The Morgan fingerprint density at radius 1 is 1.50 bits per heavy atom. The van der Waals surface area contributed by atoms with Gasteiger partial charge in [-0.05, 0) is 25.0 Å². The highest BCUT2D eigenvalue weighted by atomic mass is 16.5. The molecule has 16 heavy (non-hydrogen) atoms. The molecule has 0 bridgehead atoms. The van der Waals surface area contributed by atoms with Crippen molar-refractivity contribution in [2.45, 2.75) is 19.3 Å². The molecule has 0 fully saturated rings. The number of carbonyl (C=O) groups is 1. The lowest BCUT2D eigenvalue weighted by Gasteiger charge is -2.31. The van der Waals surface area contributed by atoms with Gasteiger partial charge in [0, 0.05) is 19.3 Å². The molecule has 2 rings (SSSR count). The van der Waals surface area contributed by atoms with Gasteiger partial charge in [0.2, 0.25) is 0 Å². The van der Waals surface area contributed by atoms with Crippen LogP contribution in [-0.2, 0) is 9.53 Å². The monoisotopic (exact) mass is 219 g/mol. The molecule has 1 unspecified atom stereocenters. The number of benzene rings is 1. The number of ether oxygens (including phenoxy) is 1. The Hall–Kier alpha value is -1.51. The van der Waals surface area contributed by atoms with Crippen LogP contribution in [0.3, 0.4) is 0 Å². The van der Waals surface area contributed by atoms with Gasteiger partial charge < -0.3 is 9.64 Å². The van der Waals surface area contributed by atoms with Crippen molar-refractivity contribution < 1.29 is 9.53 Å². The molecule has 86 valence electrons. The summed E-state index contributed by atoms with van der Waals surface area (Å²) >= 11 is 0. The zero-order chi connectivity index (χ0) is 11.5. The number of carbonyl (C=O) groups excluding carboxylic acids is 1. The molecular weight excluding hydrogens is 202 g/mol. The second-order valence-electron chi connectivity index (χ2n) is 4.07. The van der Waals surface area contributed by atoms with E-state index in [0.29, 0.717) is 6.61 Å². The van der Waals surface area contributed by atoms with Crippen LogP contribution in [0.4, 0.5) is 5.69 Å². The highest BCUT2D eigenvalue weighted by Gasteiger charge is 2.29. The Morgan fingerprint density at radius 3 is 3.00 bits per heavy atom. The first kappa shape index (κ1) is 11.0. The maximum absolute atomic E-state index is 11.8. The molecule has 1 aromatic carbocycles. The topological polar surface area (TPSA) is 29.5 Å². The zero-order valence-electron chi connectivity index (χ0n) is 9.77. The second-order valence-corrected chi connectivity index (χ2v) is 4.07. The van der Waals surface area contributed by atoms with Gasteiger partial charge in [-0.1, -0.05) is 18.2 Å². The van der Waals surface area contributed by atoms with E-state index in [0.717, 1.165) is 24.2 Å². The molecule has 0 radical (unpaired) electrons. The molecule has 1 aliphatic rings. The van der Waals surface area contributed by atoms with Crippen LogP contribution in [0.25, 0.3) is 0 Å². The highest BCUT2D eigenvalue weighted by Crippen LogP contribution is 2.34. The first-order valence-electron chi connectivity index (χ1n) is 5.70. The number of para-hydroxylation sites is 1. The minimum absolute atomic E-state index is 0.0904. The third-order valence-corrected chi connectivity index (χ3v) is 3.05.